The Morgan fingerprint density at radius 1 is 0.960 bits per heavy atom. The van der Waals surface area contributed by atoms with Gasteiger partial charge in [-0.15, -0.1) is 0 Å². The van der Waals surface area contributed by atoms with E-state index >= 15 is 0 Å². The van der Waals surface area contributed by atoms with E-state index in [9.17, 15) is 4.79 Å². The average Bonchev–Trinajstić information content (AvgIpc) is 2.68. The van der Waals surface area contributed by atoms with Crippen LogP contribution in [0.2, 0.25) is 0 Å². The van der Waals surface area contributed by atoms with Gasteiger partial charge in [-0.3, -0.25) is 9.79 Å². The molecule has 0 aliphatic heterocycles. The van der Waals surface area contributed by atoms with E-state index in [1.54, 1.807) is 14.1 Å². The number of amides is 1. The van der Waals surface area contributed by atoms with Gasteiger partial charge in [0.1, 0.15) is 0 Å². The predicted octanol–water partition coefficient (Wildman–Crippen LogP) is 2.34. The number of nitrogens with one attached hydrogen (secondary N) is 3. The minimum atomic E-state index is -0.0737. The second-order valence-electron chi connectivity index (χ2n) is 5.72. The maximum atomic E-state index is 11.5. The molecule has 1 amide bonds. The summed E-state index contributed by atoms with van der Waals surface area (Å²) in [5, 5.41) is 9.23. The second-order valence-corrected chi connectivity index (χ2v) is 5.72. The van der Waals surface area contributed by atoms with Gasteiger partial charge in [0.05, 0.1) is 0 Å². The number of hydrogen-bond donors (Lipinski definition) is 3. The van der Waals surface area contributed by atoms with Crippen LogP contribution in [0.3, 0.4) is 0 Å². The number of carbonyl (C=O) groups excluding carboxylic acids is 1. The van der Waals surface area contributed by atoms with Gasteiger partial charge < -0.3 is 16.0 Å². The summed E-state index contributed by atoms with van der Waals surface area (Å²) in [7, 11) is 3.40. The van der Waals surface area contributed by atoms with E-state index in [1.165, 1.54) is 5.56 Å². The van der Waals surface area contributed by atoms with Crippen LogP contribution in [-0.2, 0) is 13.0 Å². The van der Waals surface area contributed by atoms with Gasteiger partial charge >= 0.3 is 0 Å². The maximum Gasteiger partial charge on any atom is 0.251 e. The monoisotopic (exact) mass is 338 g/mol. The zero-order chi connectivity index (χ0) is 17.9. The molecule has 0 atom stereocenters. The summed E-state index contributed by atoms with van der Waals surface area (Å²) in [5.41, 5.74) is 3.11. The molecule has 0 aliphatic rings. The van der Waals surface area contributed by atoms with Crippen LogP contribution in [0.5, 0.6) is 0 Å². The van der Waals surface area contributed by atoms with E-state index in [0.29, 0.717) is 12.1 Å². The number of guanidine groups is 1. The Labute approximate surface area is 149 Å². The number of aryl methyl sites for hydroxylation is 1. The molecule has 25 heavy (non-hydrogen) atoms. The van der Waals surface area contributed by atoms with E-state index < -0.39 is 0 Å². The summed E-state index contributed by atoms with van der Waals surface area (Å²) in [4.78, 5) is 15.8. The van der Waals surface area contributed by atoms with E-state index in [2.05, 4.69) is 45.2 Å². The SMILES string of the molecule is CN=C(NCCCc1ccccc1)NCc1ccc(C(=O)NC)cc1. The zero-order valence-corrected chi connectivity index (χ0v) is 14.9. The largest absolute Gasteiger partial charge is 0.356 e. The minimum Gasteiger partial charge on any atom is -0.356 e. The van der Waals surface area contributed by atoms with Gasteiger partial charge in [0.25, 0.3) is 5.91 Å². The molecule has 0 aromatic heterocycles. The molecular formula is C20H26N4O. The Hall–Kier alpha value is -2.82. The van der Waals surface area contributed by atoms with E-state index in [0.717, 1.165) is 30.9 Å². The smallest absolute Gasteiger partial charge is 0.251 e. The van der Waals surface area contributed by atoms with Crippen molar-refractivity contribution in [3.8, 4) is 0 Å². The molecule has 0 bridgehead atoms. The molecule has 5 nitrogen and oxygen atoms in total. The summed E-state index contributed by atoms with van der Waals surface area (Å²) in [6, 6.07) is 18.0. The van der Waals surface area contributed by atoms with Crippen molar-refractivity contribution in [2.45, 2.75) is 19.4 Å². The maximum absolute atomic E-state index is 11.5. The highest BCUT2D eigenvalue weighted by molar-refractivity contribution is 5.93. The lowest BCUT2D eigenvalue weighted by molar-refractivity contribution is 0.0963. The van der Waals surface area contributed by atoms with Gasteiger partial charge in [-0.25, -0.2) is 0 Å². The van der Waals surface area contributed by atoms with Crippen molar-refractivity contribution in [3.05, 3.63) is 71.3 Å². The fourth-order valence-corrected chi connectivity index (χ4v) is 2.47. The van der Waals surface area contributed by atoms with Crippen LogP contribution in [0.15, 0.2) is 59.6 Å². The lowest BCUT2D eigenvalue weighted by atomic mass is 10.1. The molecule has 0 saturated carbocycles. The molecule has 2 aromatic carbocycles. The lowest BCUT2D eigenvalue weighted by Crippen LogP contribution is -2.37. The third-order valence-corrected chi connectivity index (χ3v) is 3.90. The molecule has 0 spiro atoms. The number of aliphatic imine (C=N–C) groups is 1. The Morgan fingerprint density at radius 2 is 1.68 bits per heavy atom. The minimum absolute atomic E-state index is 0.0737. The molecule has 2 rings (SSSR count). The first-order valence-corrected chi connectivity index (χ1v) is 8.52. The fraction of sp³-hybridized carbons (Fsp3) is 0.300. The van der Waals surface area contributed by atoms with Crippen LogP contribution >= 0.6 is 0 Å². The van der Waals surface area contributed by atoms with Gasteiger partial charge in [-0.1, -0.05) is 42.5 Å². The Balaban J connectivity index is 1.72. The van der Waals surface area contributed by atoms with Crippen molar-refractivity contribution in [1.29, 1.82) is 0 Å². The number of rotatable bonds is 7. The molecule has 0 radical (unpaired) electrons. The fourth-order valence-electron chi connectivity index (χ4n) is 2.47. The summed E-state index contributed by atoms with van der Waals surface area (Å²) >= 11 is 0. The topological polar surface area (TPSA) is 65.5 Å². The van der Waals surface area contributed by atoms with Gasteiger partial charge in [-0.05, 0) is 36.1 Å². The Kier molecular flexibility index (Phi) is 7.50. The summed E-state index contributed by atoms with van der Waals surface area (Å²) in [6.07, 6.45) is 2.09. The molecule has 0 fully saturated rings. The van der Waals surface area contributed by atoms with Crippen LogP contribution in [-0.4, -0.2) is 32.5 Å². The lowest BCUT2D eigenvalue weighted by Gasteiger charge is -2.12. The quantitative estimate of drug-likeness (QED) is 0.412. The molecule has 0 aliphatic carbocycles. The number of nitrogens with zero attached hydrogens (tertiary/aromatic N) is 1. The molecular weight excluding hydrogens is 312 g/mol. The van der Waals surface area contributed by atoms with Crippen molar-refractivity contribution in [1.82, 2.24) is 16.0 Å². The standard InChI is InChI=1S/C20H26N4O/c1-21-19(25)18-12-10-17(11-13-18)15-24-20(22-2)23-14-6-9-16-7-4-3-5-8-16/h3-5,7-8,10-13H,6,9,14-15H2,1-2H3,(H,21,25)(H2,22,23,24). The van der Waals surface area contributed by atoms with Crippen LogP contribution in [0.25, 0.3) is 0 Å². The molecule has 132 valence electrons. The van der Waals surface area contributed by atoms with Crippen molar-refractivity contribution in [3.63, 3.8) is 0 Å². The van der Waals surface area contributed by atoms with Gasteiger partial charge in [0, 0.05) is 32.7 Å². The van der Waals surface area contributed by atoms with Crippen LogP contribution in [0.4, 0.5) is 0 Å². The van der Waals surface area contributed by atoms with Gasteiger partial charge in [0.2, 0.25) is 0 Å². The summed E-state index contributed by atoms with van der Waals surface area (Å²) in [5.74, 6) is 0.707. The molecule has 5 heteroatoms. The Morgan fingerprint density at radius 3 is 2.32 bits per heavy atom. The highest BCUT2D eigenvalue weighted by Gasteiger charge is 2.03. The third-order valence-electron chi connectivity index (χ3n) is 3.90. The first-order chi connectivity index (χ1) is 12.2. The van der Waals surface area contributed by atoms with Crippen molar-refractivity contribution in [2.75, 3.05) is 20.6 Å². The van der Waals surface area contributed by atoms with E-state index in [4.69, 9.17) is 0 Å². The summed E-state index contributed by atoms with van der Waals surface area (Å²) in [6.45, 7) is 1.52. The number of benzene rings is 2. The highest BCUT2D eigenvalue weighted by Crippen LogP contribution is 2.04. The predicted molar refractivity (Wildman–Crippen MR) is 103 cm³/mol. The van der Waals surface area contributed by atoms with Gasteiger partial charge in [-0.2, -0.15) is 0 Å². The van der Waals surface area contributed by atoms with Crippen molar-refractivity contribution < 1.29 is 4.79 Å². The van der Waals surface area contributed by atoms with E-state index in [-0.39, 0.29) is 5.91 Å². The average molecular weight is 338 g/mol. The van der Waals surface area contributed by atoms with Crippen LogP contribution < -0.4 is 16.0 Å². The molecule has 0 unspecified atom stereocenters. The molecule has 2 aromatic rings. The molecule has 0 heterocycles. The molecule has 3 N–H and O–H groups in total. The van der Waals surface area contributed by atoms with Crippen LogP contribution in [0.1, 0.15) is 27.9 Å². The molecule has 0 saturated heterocycles. The normalized spacial score (nSPS) is 11.0. The van der Waals surface area contributed by atoms with Gasteiger partial charge in [0.15, 0.2) is 5.96 Å². The first kappa shape index (κ1) is 18.5. The van der Waals surface area contributed by atoms with Crippen LogP contribution in [0, 0.1) is 0 Å². The third kappa shape index (κ3) is 6.30. The first-order valence-electron chi connectivity index (χ1n) is 8.52. The van der Waals surface area contributed by atoms with Crippen molar-refractivity contribution >= 4 is 11.9 Å². The van der Waals surface area contributed by atoms with E-state index in [1.807, 2.05) is 30.3 Å². The second kappa shape index (κ2) is 10.1. The van der Waals surface area contributed by atoms with Crippen molar-refractivity contribution in [2.24, 2.45) is 4.99 Å². The Bertz CT molecular complexity index is 681. The number of carbonyl (C=O) groups is 1. The zero-order valence-electron chi connectivity index (χ0n) is 14.9. The number of hydrogen-bond acceptors (Lipinski definition) is 2. The highest BCUT2D eigenvalue weighted by atomic mass is 16.1. The summed E-state index contributed by atoms with van der Waals surface area (Å²) < 4.78 is 0.